The third-order valence-electron chi connectivity index (χ3n) is 8.38. The third kappa shape index (κ3) is 31.7. The molecule has 0 rings (SSSR count). The first-order valence-electron chi connectivity index (χ1n) is 18.4. The van der Waals surface area contributed by atoms with Crippen molar-refractivity contribution in [1.29, 1.82) is 0 Å². The fourth-order valence-electron chi connectivity index (χ4n) is 5.63. The van der Waals surface area contributed by atoms with Gasteiger partial charge in [0, 0.05) is 6.42 Å². The molecular formula is C38H74O2. The van der Waals surface area contributed by atoms with E-state index in [-0.39, 0.29) is 12.1 Å². The molecule has 0 aromatic carbocycles. The van der Waals surface area contributed by atoms with Crippen LogP contribution in [0.3, 0.4) is 0 Å². The summed E-state index contributed by atoms with van der Waals surface area (Å²) >= 11 is 0. The molecule has 238 valence electrons. The lowest BCUT2D eigenvalue weighted by Gasteiger charge is -2.18. The summed E-state index contributed by atoms with van der Waals surface area (Å²) in [5.74, 6) is 0.870. The van der Waals surface area contributed by atoms with Gasteiger partial charge in [0.2, 0.25) is 0 Å². The second-order valence-corrected chi connectivity index (χ2v) is 13.1. The van der Waals surface area contributed by atoms with Crippen molar-refractivity contribution in [1.82, 2.24) is 0 Å². The molecule has 1 unspecified atom stereocenters. The van der Waals surface area contributed by atoms with Crippen molar-refractivity contribution in [3.8, 4) is 0 Å². The number of hydrogen-bond donors (Lipinski definition) is 0. The summed E-state index contributed by atoms with van der Waals surface area (Å²) in [7, 11) is 0. The summed E-state index contributed by atoms with van der Waals surface area (Å²) < 4.78 is 6.03. The van der Waals surface area contributed by atoms with Crippen LogP contribution in [0.2, 0.25) is 0 Å². The molecule has 0 amide bonds. The third-order valence-corrected chi connectivity index (χ3v) is 8.38. The fraction of sp³-hybridized carbons (Fsp3) is 0.921. The lowest BCUT2D eigenvalue weighted by atomic mass is 10.0. The fourth-order valence-corrected chi connectivity index (χ4v) is 5.63. The van der Waals surface area contributed by atoms with Crippen LogP contribution < -0.4 is 0 Å². The van der Waals surface area contributed by atoms with Crippen LogP contribution >= 0.6 is 0 Å². The van der Waals surface area contributed by atoms with Crippen molar-refractivity contribution in [2.24, 2.45) is 5.92 Å². The molecule has 0 saturated heterocycles. The summed E-state index contributed by atoms with van der Waals surface area (Å²) in [4.78, 5) is 12.6. The van der Waals surface area contributed by atoms with E-state index < -0.39 is 0 Å². The Morgan fingerprint density at radius 3 is 1.32 bits per heavy atom. The zero-order valence-electron chi connectivity index (χ0n) is 28.1. The Balaban J connectivity index is 3.94. The normalized spacial score (nSPS) is 12.5. The Labute approximate surface area is 253 Å². The van der Waals surface area contributed by atoms with E-state index in [9.17, 15) is 4.79 Å². The number of carbonyl (C=O) groups excluding carboxylic acids is 1. The average Bonchev–Trinajstić information content (AvgIpc) is 2.93. The molecule has 0 aromatic heterocycles. The number of hydrogen-bond acceptors (Lipinski definition) is 2. The van der Waals surface area contributed by atoms with Gasteiger partial charge in [-0.15, -0.1) is 0 Å². The van der Waals surface area contributed by atoms with E-state index in [1.807, 2.05) is 0 Å². The van der Waals surface area contributed by atoms with Gasteiger partial charge in [-0.2, -0.15) is 0 Å². The molecular weight excluding hydrogens is 488 g/mol. The van der Waals surface area contributed by atoms with E-state index >= 15 is 0 Å². The lowest BCUT2D eigenvalue weighted by molar-refractivity contribution is -0.150. The molecule has 0 aliphatic rings. The summed E-state index contributed by atoms with van der Waals surface area (Å²) in [6.45, 7) is 9.19. The maximum atomic E-state index is 12.6. The first kappa shape index (κ1) is 39.2. The van der Waals surface area contributed by atoms with Crippen LogP contribution in [0.5, 0.6) is 0 Å². The maximum absolute atomic E-state index is 12.6. The van der Waals surface area contributed by atoms with E-state index in [0.717, 1.165) is 31.6 Å². The predicted molar refractivity (Wildman–Crippen MR) is 179 cm³/mol. The Morgan fingerprint density at radius 2 is 0.875 bits per heavy atom. The monoisotopic (exact) mass is 563 g/mol. The molecule has 0 aromatic rings. The zero-order valence-corrected chi connectivity index (χ0v) is 28.1. The number of esters is 1. The molecule has 0 heterocycles. The van der Waals surface area contributed by atoms with Crippen molar-refractivity contribution < 1.29 is 9.53 Å². The zero-order chi connectivity index (χ0) is 29.4. The van der Waals surface area contributed by atoms with Crippen molar-refractivity contribution in [2.75, 3.05) is 0 Å². The minimum absolute atomic E-state index is 0.0574. The van der Waals surface area contributed by atoms with Gasteiger partial charge in [0.25, 0.3) is 0 Å². The molecule has 0 bridgehead atoms. The Kier molecular flexibility index (Phi) is 32.1. The largest absolute Gasteiger partial charge is 0.462 e. The number of allylic oxidation sites excluding steroid dienone is 2. The van der Waals surface area contributed by atoms with Gasteiger partial charge in [-0.3, -0.25) is 4.79 Å². The van der Waals surface area contributed by atoms with Crippen molar-refractivity contribution in [3.63, 3.8) is 0 Å². The van der Waals surface area contributed by atoms with Crippen LogP contribution in [-0.4, -0.2) is 12.1 Å². The van der Waals surface area contributed by atoms with E-state index in [0.29, 0.717) is 6.42 Å². The van der Waals surface area contributed by atoms with Gasteiger partial charge in [-0.25, -0.2) is 0 Å². The molecule has 0 aliphatic carbocycles. The molecule has 2 nitrogen and oxygen atoms in total. The van der Waals surface area contributed by atoms with Crippen LogP contribution in [0.25, 0.3) is 0 Å². The second-order valence-electron chi connectivity index (χ2n) is 13.1. The van der Waals surface area contributed by atoms with Gasteiger partial charge in [-0.1, -0.05) is 162 Å². The second kappa shape index (κ2) is 32.7. The van der Waals surface area contributed by atoms with E-state index in [1.54, 1.807) is 0 Å². The van der Waals surface area contributed by atoms with Crippen LogP contribution in [0.1, 0.15) is 214 Å². The molecule has 0 spiro atoms. The van der Waals surface area contributed by atoms with Gasteiger partial charge in [-0.05, 0) is 63.7 Å². The first-order chi connectivity index (χ1) is 19.6. The first-order valence-corrected chi connectivity index (χ1v) is 18.4. The summed E-state index contributed by atoms with van der Waals surface area (Å²) in [5, 5.41) is 0. The maximum Gasteiger partial charge on any atom is 0.306 e. The molecule has 0 N–H and O–H groups in total. The Morgan fingerprint density at radius 1 is 0.500 bits per heavy atom. The van der Waals surface area contributed by atoms with Crippen molar-refractivity contribution >= 4 is 5.97 Å². The number of ether oxygens (including phenoxy) is 1. The minimum atomic E-state index is 0.0574. The molecule has 40 heavy (non-hydrogen) atoms. The summed E-state index contributed by atoms with van der Waals surface area (Å²) in [5.41, 5.74) is 0. The quantitative estimate of drug-likeness (QED) is 0.0463. The summed E-state index contributed by atoms with van der Waals surface area (Å²) in [6, 6.07) is 0. The van der Waals surface area contributed by atoms with Crippen molar-refractivity contribution in [3.05, 3.63) is 12.2 Å². The smallest absolute Gasteiger partial charge is 0.306 e. The van der Waals surface area contributed by atoms with Crippen LogP contribution in [0, 0.1) is 5.92 Å². The van der Waals surface area contributed by atoms with Crippen LogP contribution in [-0.2, 0) is 9.53 Å². The van der Waals surface area contributed by atoms with E-state index in [1.165, 1.54) is 154 Å². The molecule has 0 fully saturated rings. The molecule has 2 heteroatoms. The predicted octanol–water partition coefficient (Wildman–Crippen LogP) is 13.5. The number of rotatable bonds is 32. The lowest BCUT2D eigenvalue weighted by Crippen LogP contribution is -2.18. The SMILES string of the molecule is CCCCCCCC/C=C\CCCCCCCC(=O)OC(CCCCCCCCCC)CCCCCCC(C)C. The average molecular weight is 563 g/mol. The Hall–Kier alpha value is -0.790. The standard InChI is InChI=1S/C38H74O2/c1-5-7-9-11-13-15-16-17-18-19-20-21-23-25-31-35-38(39)40-37(34-30-27-26-28-32-36(3)4)33-29-24-22-14-12-10-8-6-2/h17-18,36-37H,5-16,19-35H2,1-4H3/b18-17-. The molecule has 0 aliphatic heterocycles. The highest BCUT2D eigenvalue weighted by molar-refractivity contribution is 5.69. The van der Waals surface area contributed by atoms with E-state index in [4.69, 9.17) is 4.74 Å². The highest BCUT2D eigenvalue weighted by Gasteiger charge is 2.14. The van der Waals surface area contributed by atoms with Crippen molar-refractivity contribution in [2.45, 2.75) is 220 Å². The van der Waals surface area contributed by atoms with Gasteiger partial charge >= 0.3 is 5.97 Å². The summed E-state index contributed by atoms with van der Waals surface area (Å²) in [6.07, 6.45) is 41.6. The van der Waals surface area contributed by atoms with Crippen LogP contribution in [0.15, 0.2) is 12.2 Å². The van der Waals surface area contributed by atoms with Gasteiger partial charge in [0.15, 0.2) is 0 Å². The van der Waals surface area contributed by atoms with Gasteiger partial charge in [0.05, 0.1) is 0 Å². The van der Waals surface area contributed by atoms with Gasteiger partial charge < -0.3 is 4.74 Å². The minimum Gasteiger partial charge on any atom is -0.462 e. The Bertz CT molecular complexity index is 524. The molecule has 0 saturated carbocycles. The number of unbranched alkanes of at least 4 members (excludes halogenated alkanes) is 21. The van der Waals surface area contributed by atoms with Gasteiger partial charge in [0.1, 0.15) is 6.10 Å². The number of carbonyl (C=O) groups is 1. The van der Waals surface area contributed by atoms with Crippen LogP contribution in [0.4, 0.5) is 0 Å². The van der Waals surface area contributed by atoms with E-state index in [2.05, 4.69) is 39.8 Å². The highest BCUT2D eigenvalue weighted by atomic mass is 16.5. The molecule has 0 radical (unpaired) electrons. The molecule has 1 atom stereocenters. The topological polar surface area (TPSA) is 26.3 Å². The highest BCUT2D eigenvalue weighted by Crippen LogP contribution is 2.19.